The fraction of sp³-hybridized carbons (Fsp3) is 0.310. The van der Waals surface area contributed by atoms with Gasteiger partial charge in [-0.05, 0) is 19.7 Å². The number of likely N-dealkylation sites (tertiary alicyclic amines) is 1. The normalized spacial score (nSPS) is 21.1. The Morgan fingerprint density at radius 3 is 1.58 bits per heavy atom. The lowest BCUT2D eigenvalue weighted by Crippen LogP contribution is -2.51. The summed E-state index contributed by atoms with van der Waals surface area (Å²) >= 11 is 0. The van der Waals surface area contributed by atoms with E-state index in [0.717, 1.165) is 18.7 Å². The highest BCUT2D eigenvalue weighted by Gasteiger charge is 2.44. The van der Waals surface area contributed by atoms with Gasteiger partial charge in [-0.25, -0.2) is 0 Å². The molecule has 0 N–H and O–H groups in total. The number of nitrogens with zero attached hydrogens (tertiary/aromatic N) is 2. The number of ketones is 2. The van der Waals surface area contributed by atoms with E-state index in [4.69, 9.17) is 0 Å². The van der Waals surface area contributed by atoms with Crippen molar-refractivity contribution in [2.24, 2.45) is 11.8 Å². The van der Waals surface area contributed by atoms with Crippen LogP contribution in [-0.2, 0) is 0 Å². The van der Waals surface area contributed by atoms with E-state index in [1.165, 1.54) is 0 Å². The van der Waals surface area contributed by atoms with E-state index in [2.05, 4.69) is 36.0 Å². The predicted octanol–water partition coefficient (Wildman–Crippen LogP) is 4.65. The van der Waals surface area contributed by atoms with Crippen LogP contribution in [0.4, 0.5) is 0 Å². The highest BCUT2D eigenvalue weighted by atomic mass is 16.1. The number of rotatable bonds is 8. The van der Waals surface area contributed by atoms with Crippen LogP contribution in [0.5, 0.6) is 0 Å². The van der Waals surface area contributed by atoms with Gasteiger partial charge >= 0.3 is 0 Å². The summed E-state index contributed by atoms with van der Waals surface area (Å²) in [4.78, 5) is 32.1. The monoisotopic (exact) mass is 440 g/mol. The van der Waals surface area contributed by atoms with Crippen molar-refractivity contribution >= 4 is 11.6 Å². The fourth-order valence-corrected chi connectivity index (χ4v) is 4.93. The predicted molar refractivity (Wildman–Crippen MR) is 133 cm³/mol. The van der Waals surface area contributed by atoms with Gasteiger partial charge in [0.1, 0.15) is 0 Å². The summed E-state index contributed by atoms with van der Waals surface area (Å²) in [6.45, 7) is 3.01. The lowest BCUT2D eigenvalue weighted by molar-refractivity contribution is 0.0560. The molecule has 0 spiro atoms. The Labute approximate surface area is 196 Å². The van der Waals surface area contributed by atoms with Crippen LogP contribution in [0.3, 0.4) is 0 Å². The molecule has 3 aromatic carbocycles. The minimum atomic E-state index is -0.289. The Hall–Kier alpha value is -3.08. The van der Waals surface area contributed by atoms with Crippen molar-refractivity contribution in [2.45, 2.75) is 5.92 Å². The fourth-order valence-electron chi connectivity index (χ4n) is 4.93. The summed E-state index contributed by atoms with van der Waals surface area (Å²) < 4.78 is 0. The van der Waals surface area contributed by atoms with Gasteiger partial charge in [-0.1, -0.05) is 91.0 Å². The molecule has 1 aliphatic heterocycles. The van der Waals surface area contributed by atoms with Crippen molar-refractivity contribution in [3.05, 3.63) is 108 Å². The van der Waals surface area contributed by atoms with Crippen LogP contribution in [0.1, 0.15) is 32.2 Å². The molecule has 1 fully saturated rings. The molecule has 2 atom stereocenters. The number of benzene rings is 3. The standard InChI is InChI=1S/C29H32N2O2/c1-30(2)18-19-31-20-25(28(32)23-14-8-4-9-15-23)27(22-12-6-3-7-13-22)26(21-31)29(33)24-16-10-5-11-17-24/h3-17,25-27H,18-21H2,1-2H3. The number of hydrogen-bond donors (Lipinski definition) is 0. The average Bonchev–Trinajstić information content (AvgIpc) is 2.87. The molecule has 4 heteroatoms. The number of Topliss-reactive ketones (excluding diaryl/α,β-unsaturated/α-hetero) is 2. The molecule has 1 saturated heterocycles. The lowest BCUT2D eigenvalue weighted by Gasteiger charge is -2.43. The van der Waals surface area contributed by atoms with Gasteiger partial charge in [-0.3, -0.25) is 9.59 Å². The maximum Gasteiger partial charge on any atom is 0.167 e. The van der Waals surface area contributed by atoms with Gasteiger partial charge in [0.2, 0.25) is 0 Å². The van der Waals surface area contributed by atoms with Gasteiger partial charge in [0.15, 0.2) is 11.6 Å². The van der Waals surface area contributed by atoms with E-state index in [9.17, 15) is 9.59 Å². The Morgan fingerprint density at radius 2 is 1.15 bits per heavy atom. The topological polar surface area (TPSA) is 40.6 Å². The Bertz CT molecular complexity index is 989. The molecule has 0 saturated carbocycles. The van der Waals surface area contributed by atoms with Crippen molar-refractivity contribution in [2.75, 3.05) is 40.3 Å². The average molecular weight is 441 g/mol. The molecule has 0 bridgehead atoms. The second-order valence-corrected chi connectivity index (χ2v) is 9.17. The first-order valence-electron chi connectivity index (χ1n) is 11.6. The molecular weight excluding hydrogens is 408 g/mol. The van der Waals surface area contributed by atoms with Crippen LogP contribution >= 0.6 is 0 Å². The van der Waals surface area contributed by atoms with Gasteiger partial charge in [-0.2, -0.15) is 0 Å². The van der Waals surface area contributed by atoms with E-state index < -0.39 is 0 Å². The summed E-state index contributed by atoms with van der Waals surface area (Å²) in [5.41, 5.74) is 2.49. The van der Waals surface area contributed by atoms with Gasteiger partial charge in [0.25, 0.3) is 0 Å². The van der Waals surface area contributed by atoms with Gasteiger partial charge < -0.3 is 9.80 Å². The van der Waals surface area contributed by atoms with Crippen LogP contribution in [0.2, 0.25) is 0 Å². The summed E-state index contributed by atoms with van der Waals surface area (Å²) in [5.74, 6) is -0.510. The van der Waals surface area contributed by atoms with Gasteiger partial charge in [-0.15, -0.1) is 0 Å². The molecule has 2 unspecified atom stereocenters. The molecule has 4 nitrogen and oxygen atoms in total. The Kier molecular flexibility index (Phi) is 7.48. The van der Waals surface area contributed by atoms with Crippen LogP contribution in [0, 0.1) is 11.8 Å². The first-order chi connectivity index (χ1) is 16.0. The number of likely N-dealkylation sites (N-methyl/N-ethyl adjacent to an activating group) is 1. The zero-order chi connectivity index (χ0) is 23.2. The van der Waals surface area contributed by atoms with E-state index in [1.807, 2.05) is 78.9 Å². The molecule has 0 aromatic heterocycles. The lowest BCUT2D eigenvalue weighted by atomic mass is 9.68. The third-order valence-electron chi connectivity index (χ3n) is 6.61. The van der Waals surface area contributed by atoms with E-state index in [0.29, 0.717) is 24.2 Å². The third-order valence-corrected chi connectivity index (χ3v) is 6.61. The maximum absolute atomic E-state index is 13.8. The molecule has 4 rings (SSSR count). The summed E-state index contributed by atoms with van der Waals surface area (Å²) in [7, 11) is 4.10. The molecule has 1 heterocycles. The second-order valence-electron chi connectivity index (χ2n) is 9.17. The SMILES string of the molecule is CN(C)CCN1CC(C(=O)c2ccccc2)C(c2ccccc2)C(C(=O)c2ccccc2)C1. The molecular formula is C29H32N2O2. The number of hydrogen-bond acceptors (Lipinski definition) is 4. The Morgan fingerprint density at radius 1 is 0.727 bits per heavy atom. The van der Waals surface area contributed by atoms with Crippen molar-refractivity contribution in [1.29, 1.82) is 0 Å². The van der Waals surface area contributed by atoms with Crippen LogP contribution in [0.25, 0.3) is 0 Å². The highest BCUT2D eigenvalue weighted by molar-refractivity contribution is 6.02. The number of carbonyl (C=O) groups is 2. The van der Waals surface area contributed by atoms with E-state index >= 15 is 0 Å². The van der Waals surface area contributed by atoms with E-state index in [-0.39, 0.29) is 29.3 Å². The summed E-state index contributed by atoms with van der Waals surface area (Å²) in [6, 6.07) is 29.1. The summed E-state index contributed by atoms with van der Waals surface area (Å²) in [5, 5.41) is 0. The van der Waals surface area contributed by atoms with Crippen LogP contribution < -0.4 is 0 Å². The number of piperidine rings is 1. The van der Waals surface area contributed by atoms with Crippen LogP contribution in [0.15, 0.2) is 91.0 Å². The van der Waals surface area contributed by atoms with Gasteiger partial charge in [0.05, 0.1) is 0 Å². The van der Waals surface area contributed by atoms with Crippen molar-refractivity contribution in [3.63, 3.8) is 0 Å². The number of carbonyl (C=O) groups excluding carboxylic acids is 2. The minimum Gasteiger partial charge on any atom is -0.308 e. The molecule has 1 aliphatic rings. The van der Waals surface area contributed by atoms with Crippen LogP contribution in [-0.4, -0.2) is 61.6 Å². The molecule has 170 valence electrons. The first kappa shape index (κ1) is 23.1. The molecule has 33 heavy (non-hydrogen) atoms. The second kappa shape index (κ2) is 10.7. The largest absolute Gasteiger partial charge is 0.308 e. The molecule has 3 aromatic rings. The summed E-state index contributed by atoms with van der Waals surface area (Å²) in [6.07, 6.45) is 0. The molecule has 0 radical (unpaired) electrons. The maximum atomic E-state index is 13.8. The van der Waals surface area contributed by atoms with E-state index in [1.54, 1.807) is 0 Å². The first-order valence-corrected chi connectivity index (χ1v) is 11.6. The zero-order valence-electron chi connectivity index (χ0n) is 19.4. The van der Waals surface area contributed by atoms with Gasteiger partial charge in [0, 0.05) is 55.1 Å². The van der Waals surface area contributed by atoms with Crippen molar-refractivity contribution in [1.82, 2.24) is 9.80 Å². The highest BCUT2D eigenvalue weighted by Crippen LogP contribution is 2.40. The van der Waals surface area contributed by atoms with Crippen molar-refractivity contribution < 1.29 is 9.59 Å². The minimum absolute atomic E-state index is 0.116. The molecule has 0 aliphatic carbocycles. The van der Waals surface area contributed by atoms with Crippen molar-refractivity contribution in [3.8, 4) is 0 Å². The smallest absolute Gasteiger partial charge is 0.167 e. The third kappa shape index (κ3) is 5.47. The molecule has 0 amide bonds. The quantitative estimate of drug-likeness (QED) is 0.478. The zero-order valence-corrected chi connectivity index (χ0v) is 19.4. The Balaban J connectivity index is 1.76.